The van der Waals surface area contributed by atoms with E-state index in [1.807, 2.05) is 13.0 Å². The Bertz CT molecular complexity index is 680. The first-order valence-corrected chi connectivity index (χ1v) is 7.63. The summed E-state index contributed by atoms with van der Waals surface area (Å²) in [6.07, 6.45) is -0.525. The molecule has 128 valence electrons. The summed E-state index contributed by atoms with van der Waals surface area (Å²) in [7, 11) is 0. The van der Waals surface area contributed by atoms with E-state index in [1.54, 1.807) is 25.1 Å². The molecular weight excluding hydrogens is 314 g/mol. The first-order chi connectivity index (χ1) is 11.4. The molecule has 2 unspecified atom stereocenters. The van der Waals surface area contributed by atoms with Gasteiger partial charge in [-0.1, -0.05) is 13.0 Å². The van der Waals surface area contributed by atoms with Crippen molar-refractivity contribution in [2.45, 2.75) is 44.6 Å². The highest BCUT2D eigenvalue weighted by Gasteiger charge is 2.39. The van der Waals surface area contributed by atoms with Gasteiger partial charge in [0, 0.05) is 0 Å². The van der Waals surface area contributed by atoms with Crippen LogP contribution in [0.1, 0.15) is 38.7 Å². The predicted molar refractivity (Wildman–Crippen MR) is 82.6 cm³/mol. The lowest BCUT2D eigenvalue weighted by molar-refractivity contribution is -0.149. The van der Waals surface area contributed by atoms with Crippen molar-refractivity contribution in [3.8, 4) is 17.6 Å². The fourth-order valence-corrected chi connectivity index (χ4v) is 2.46. The third kappa shape index (κ3) is 3.77. The largest absolute Gasteiger partial charge is 0.481 e. The van der Waals surface area contributed by atoms with Gasteiger partial charge in [-0.3, -0.25) is 9.59 Å². The van der Waals surface area contributed by atoms with Crippen LogP contribution in [0, 0.1) is 11.3 Å². The van der Waals surface area contributed by atoms with Gasteiger partial charge in [0.25, 0.3) is 0 Å². The van der Waals surface area contributed by atoms with Crippen LogP contribution in [-0.2, 0) is 19.7 Å². The first kappa shape index (κ1) is 17.6. The van der Waals surface area contributed by atoms with E-state index in [9.17, 15) is 20.0 Å². The van der Waals surface area contributed by atoms with Gasteiger partial charge in [0.15, 0.2) is 11.5 Å². The molecule has 0 amide bonds. The van der Waals surface area contributed by atoms with Crippen molar-refractivity contribution < 1.29 is 28.9 Å². The second kappa shape index (κ2) is 7.21. The summed E-state index contributed by atoms with van der Waals surface area (Å²) in [6.45, 7) is 3.67. The number of carbonyl (C=O) groups excluding carboxylic acids is 1. The lowest BCUT2D eigenvalue weighted by atomic mass is 9.76. The van der Waals surface area contributed by atoms with Crippen LogP contribution in [-0.4, -0.2) is 29.9 Å². The Hall–Kier alpha value is -2.75. The summed E-state index contributed by atoms with van der Waals surface area (Å²) >= 11 is 0. The molecule has 1 heterocycles. The van der Waals surface area contributed by atoms with Crippen molar-refractivity contribution >= 4 is 11.9 Å². The molecule has 0 aromatic heterocycles. The Labute approximate surface area is 139 Å². The minimum Gasteiger partial charge on any atom is -0.481 e. The summed E-state index contributed by atoms with van der Waals surface area (Å²) < 4.78 is 15.7. The summed E-state index contributed by atoms with van der Waals surface area (Å²) in [5.74, 6) is -0.841. The van der Waals surface area contributed by atoms with Crippen molar-refractivity contribution in [1.82, 2.24) is 0 Å². The fourth-order valence-electron chi connectivity index (χ4n) is 2.46. The maximum Gasteiger partial charge on any atom is 0.308 e. The molecule has 0 saturated carbocycles. The van der Waals surface area contributed by atoms with E-state index in [0.29, 0.717) is 23.5 Å². The zero-order valence-corrected chi connectivity index (χ0v) is 13.6. The van der Waals surface area contributed by atoms with Gasteiger partial charge in [0.1, 0.15) is 5.41 Å². The van der Waals surface area contributed by atoms with Crippen LogP contribution in [0.15, 0.2) is 18.2 Å². The fraction of sp³-hybridized carbons (Fsp3) is 0.471. The number of rotatable bonds is 7. The number of ether oxygens (including phenoxy) is 3. The highest BCUT2D eigenvalue weighted by Crippen LogP contribution is 2.39. The van der Waals surface area contributed by atoms with Crippen molar-refractivity contribution in [3.05, 3.63) is 23.8 Å². The van der Waals surface area contributed by atoms with Gasteiger partial charge in [-0.2, -0.15) is 5.26 Å². The van der Waals surface area contributed by atoms with Gasteiger partial charge in [-0.25, -0.2) is 0 Å². The first-order valence-electron chi connectivity index (χ1n) is 7.63. The molecule has 0 aliphatic carbocycles. The molecule has 1 aromatic carbocycles. The van der Waals surface area contributed by atoms with E-state index in [4.69, 9.17) is 14.2 Å². The van der Waals surface area contributed by atoms with Crippen LogP contribution in [0.5, 0.6) is 11.5 Å². The molecule has 7 nitrogen and oxygen atoms in total. The van der Waals surface area contributed by atoms with E-state index < -0.39 is 23.8 Å². The Kier molecular flexibility index (Phi) is 5.29. The molecule has 2 rings (SSSR count). The predicted octanol–water partition coefficient (Wildman–Crippen LogP) is 2.38. The van der Waals surface area contributed by atoms with Crippen molar-refractivity contribution in [1.29, 1.82) is 5.26 Å². The topological polar surface area (TPSA) is 106 Å². The highest BCUT2D eigenvalue weighted by molar-refractivity contribution is 5.77. The zero-order valence-electron chi connectivity index (χ0n) is 13.6. The number of benzene rings is 1. The maximum absolute atomic E-state index is 12.2. The maximum atomic E-state index is 12.2. The van der Waals surface area contributed by atoms with Crippen LogP contribution < -0.4 is 9.47 Å². The summed E-state index contributed by atoms with van der Waals surface area (Å²) in [5, 5.41) is 18.9. The van der Waals surface area contributed by atoms with Gasteiger partial charge in [0.05, 0.1) is 25.0 Å². The number of aliphatic carboxylic acids is 1. The van der Waals surface area contributed by atoms with Crippen molar-refractivity contribution in [3.63, 3.8) is 0 Å². The molecule has 2 atom stereocenters. The van der Waals surface area contributed by atoms with Crippen LogP contribution in [0.3, 0.4) is 0 Å². The third-order valence-corrected chi connectivity index (χ3v) is 3.95. The monoisotopic (exact) mass is 333 g/mol. The summed E-state index contributed by atoms with van der Waals surface area (Å²) in [4.78, 5) is 23.4. The summed E-state index contributed by atoms with van der Waals surface area (Å²) in [5.41, 5.74) is -1.14. The zero-order chi connectivity index (χ0) is 17.7. The Balaban J connectivity index is 2.34. The third-order valence-electron chi connectivity index (χ3n) is 3.95. The van der Waals surface area contributed by atoms with Gasteiger partial charge < -0.3 is 19.3 Å². The Morgan fingerprint density at radius 1 is 1.38 bits per heavy atom. The smallest absolute Gasteiger partial charge is 0.308 e. The lowest BCUT2D eigenvalue weighted by Crippen LogP contribution is -2.32. The minimum absolute atomic E-state index is 0.0628. The summed E-state index contributed by atoms with van der Waals surface area (Å²) in [6, 6.07) is 6.73. The molecule has 24 heavy (non-hydrogen) atoms. The number of carbonyl (C=O) groups is 2. The van der Waals surface area contributed by atoms with E-state index in [2.05, 4.69) is 0 Å². The molecule has 7 heteroatoms. The minimum atomic E-state index is -1.53. The number of hydrogen-bond donors (Lipinski definition) is 1. The SMILES string of the molecule is CCC(C)OC(=O)CC(C#N)(CC(=O)O)c1ccc2c(c1)OCO2. The van der Waals surface area contributed by atoms with Crippen molar-refractivity contribution in [2.24, 2.45) is 0 Å². The van der Waals surface area contributed by atoms with Crippen molar-refractivity contribution in [2.75, 3.05) is 6.79 Å². The second-order valence-corrected chi connectivity index (χ2v) is 5.72. The van der Waals surface area contributed by atoms with Gasteiger partial charge in [-0.15, -0.1) is 0 Å². The Morgan fingerprint density at radius 3 is 2.71 bits per heavy atom. The number of esters is 1. The molecule has 0 saturated heterocycles. The molecule has 0 radical (unpaired) electrons. The van der Waals surface area contributed by atoms with Gasteiger partial charge in [-0.05, 0) is 31.0 Å². The second-order valence-electron chi connectivity index (χ2n) is 5.72. The van der Waals surface area contributed by atoms with Gasteiger partial charge >= 0.3 is 11.9 Å². The van der Waals surface area contributed by atoms with Crippen LogP contribution in [0.4, 0.5) is 0 Å². The quantitative estimate of drug-likeness (QED) is 0.763. The van der Waals surface area contributed by atoms with E-state index in [-0.39, 0.29) is 19.3 Å². The molecule has 1 N–H and O–H groups in total. The normalized spacial score (nSPS) is 15.9. The molecule has 1 aliphatic heterocycles. The molecule has 1 aliphatic rings. The highest BCUT2D eigenvalue weighted by atomic mass is 16.7. The van der Waals surface area contributed by atoms with E-state index in [1.165, 1.54) is 0 Å². The number of carboxylic acids is 1. The van der Waals surface area contributed by atoms with E-state index in [0.717, 1.165) is 0 Å². The van der Waals surface area contributed by atoms with E-state index >= 15 is 0 Å². The number of nitriles is 1. The number of carboxylic acid groups (broad SMARTS) is 1. The standard InChI is InChI=1S/C17H19NO6/c1-3-11(2)24-16(21)8-17(9-18,7-15(19)20)12-4-5-13-14(6-12)23-10-22-13/h4-6,11H,3,7-8,10H2,1-2H3,(H,19,20). The Morgan fingerprint density at radius 2 is 2.08 bits per heavy atom. The molecule has 1 aromatic rings. The number of nitrogens with zero attached hydrogens (tertiary/aromatic N) is 1. The number of fused-ring (bicyclic) bond motifs is 1. The van der Waals surface area contributed by atoms with Gasteiger partial charge in [0.2, 0.25) is 6.79 Å². The lowest BCUT2D eigenvalue weighted by Gasteiger charge is -2.25. The van der Waals surface area contributed by atoms with Crippen LogP contribution in [0.2, 0.25) is 0 Å². The molecular formula is C17H19NO6. The average molecular weight is 333 g/mol. The van der Waals surface area contributed by atoms with Crippen LogP contribution >= 0.6 is 0 Å². The average Bonchev–Trinajstić information content (AvgIpc) is 3.00. The molecule has 0 fully saturated rings. The molecule has 0 bridgehead atoms. The number of hydrogen-bond acceptors (Lipinski definition) is 6. The molecule has 0 spiro atoms. The van der Waals surface area contributed by atoms with Crippen LogP contribution in [0.25, 0.3) is 0 Å².